The van der Waals surface area contributed by atoms with Crippen LogP contribution in [0.3, 0.4) is 0 Å². The van der Waals surface area contributed by atoms with Gasteiger partial charge in [-0.05, 0) is 6.07 Å². The predicted octanol–water partition coefficient (Wildman–Crippen LogP) is -0.351. The lowest BCUT2D eigenvalue weighted by Crippen LogP contribution is -2.37. The molecule has 0 unspecified atom stereocenters. The summed E-state index contributed by atoms with van der Waals surface area (Å²) in [6, 6.07) is 1.47. The van der Waals surface area contributed by atoms with E-state index in [1.807, 2.05) is 0 Å². The molecule has 0 aliphatic heterocycles. The molecule has 0 atom stereocenters. The fraction of sp³-hybridized carbons (Fsp3) is 0.462. The highest BCUT2D eigenvalue weighted by molar-refractivity contribution is 5.98. The zero-order chi connectivity index (χ0) is 15.8. The van der Waals surface area contributed by atoms with Crippen LogP contribution in [0.1, 0.15) is 10.4 Å². The second kappa shape index (κ2) is 8.05. The molecule has 1 aromatic rings. The molecule has 0 aromatic carbocycles. The molecular formula is C13H20N4O4. The fourth-order valence-electron chi connectivity index (χ4n) is 1.69. The van der Waals surface area contributed by atoms with E-state index in [4.69, 9.17) is 10.5 Å². The number of nitrogens with zero attached hydrogens (tertiary/aromatic N) is 2. The number of nitrogens with one attached hydrogen (secondary N) is 1. The molecular weight excluding hydrogens is 276 g/mol. The highest BCUT2D eigenvalue weighted by atomic mass is 16.5. The van der Waals surface area contributed by atoms with Crippen LogP contribution in [0.2, 0.25) is 0 Å². The second-order valence-electron chi connectivity index (χ2n) is 4.29. The minimum absolute atomic E-state index is 0.0611. The Balaban J connectivity index is 2.76. The SMILES string of the molecule is COCCNC(=O)CN(C)c1nccc(C(=O)OC)c1N. The van der Waals surface area contributed by atoms with Gasteiger partial charge in [-0.3, -0.25) is 4.79 Å². The molecule has 0 bridgehead atoms. The predicted molar refractivity (Wildman–Crippen MR) is 78.1 cm³/mol. The summed E-state index contributed by atoms with van der Waals surface area (Å²) in [6.45, 7) is 0.924. The van der Waals surface area contributed by atoms with Crippen molar-refractivity contribution in [2.45, 2.75) is 0 Å². The summed E-state index contributed by atoms with van der Waals surface area (Å²) in [7, 11) is 4.49. The van der Waals surface area contributed by atoms with Crippen molar-refractivity contribution in [3.8, 4) is 0 Å². The summed E-state index contributed by atoms with van der Waals surface area (Å²) >= 11 is 0. The molecule has 1 heterocycles. The molecule has 1 aromatic heterocycles. The van der Waals surface area contributed by atoms with Gasteiger partial charge in [0.1, 0.15) is 0 Å². The Labute approximate surface area is 123 Å². The molecule has 0 fully saturated rings. The lowest BCUT2D eigenvalue weighted by molar-refractivity contribution is -0.119. The summed E-state index contributed by atoms with van der Waals surface area (Å²) in [4.78, 5) is 28.9. The number of hydrogen-bond donors (Lipinski definition) is 2. The first-order chi connectivity index (χ1) is 10.0. The van der Waals surface area contributed by atoms with E-state index < -0.39 is 5.97 Å². The van der Waals surface area contributed by atoms with Gasteiger partial charge in [0.2, 0.25) is 5.91 Å². The summed E-state index contributed by atoms with van der Waals surface area (Å²) in [5.74, 6) is -0.395. The van der Waals surface area contributed by atoms with E-state index in [1.54, 1.807) is 19.1 Å². The van der Waals surface area contributed by atoms with Gasteiger partial charge in [-0.2, -0.15) is 0 Å². The van der Waals surface area contributed by atoms with Gasteiger partial charge in [0.05, 0.1) is 31.5 Å². The number of nitrogen functional groups attached to an aromatic ring is 1. The van der Waals surface area contributed by atoms with E-state index in [-0.39, 0.29) is 23.7 Å². The van der Waals surface area contributed by atoms with Crippen molar-refractivity contribution in [3.05, 3.63) is 17.8 Å². The van der Waals surface area contributed by atoms with Crippen LogP contribution < -0.4 is 16.0 Å². The number of amides is 1. The number of likely N-dealkylation sites (N-methyl/N-ethyl adjacent to an activating group) is 1. The van der Waals surface area contributed by atoms with Gasteiger partial charge >= 0.3 is 5.97 Å². The Morgan fingerprint density at radius 1 is 1.43 bits per heavy atom. The number of esters is 1. The Bertz CT molecular complexity index is 507. The average molecular weight is 296 g/mol. The van der Waals surface area contributed by atoms with Gasteiger partial charge in [-0.25, -0.2) is 9.78 Å². The van der Waals surface area contributed by atoms with E-state index in [0.717, 1.165) is 0 Å². The van der Waals surface area contributed by atoms with E-state index in [0.29, 0.717) is 19.0 Å². The summed E-state index contributed by atoms with van der Waals surface area (Å²) in [5.41, 5.74) is 6.30. The first kappa shape index (κ1) is 16.7. The van der Waals surface area contributed by atoms with Crippen LogP contribution in [0.4, 0.5) is 11.5 Å². The molecule has 116 valence electrons. The third kappa shape index (κ3) is 4.60. The van der Waals surface area contributed by atoms with Crippen LogP contribution in [0.5, 0.6) is 0 Å². The van der Waals surface area contributed by atoms with E-state index in [2.05, 4.69) is 15.0 Å². The topological polar surface area (TPSA) is 107 Å². The van der Waals surface area contributed by atoms with Crippen LogP contribution in [-0.2, 0) is 14.3 Å². The van der Waals surface area contributed by atoms with Crippen molar-refractivity contribution in [1.82, 2.24) is 10.3 Å². The van der Waals surface area contributed by atoms with Gasteiger partial charge in [0.25, 0.3) is 0 Å². The molecule has 0 aliphatic rings. The normalized spacial score (nSPS) is 10.0. The van der Waals surface area contributed by atoms with Crippen molar-refractivity contribution in [1.29, 1.82) is 0 Å². The molecule has 8 nitrogen and oxygen atoms in total. The summed E-state index contributed by atoms with van der Waals surface area (Å²) in [5, 5.41) is 2.69. The van der Waals surface area contributed by atoms with Crippen molar-refractivity contribution in [3.63, 3.8) is 0 Å². The largest absolute Gasteiger partial charge is 0.465 e. The molecule has 1 rings (SSSR count). The number of nitrogens with two attached hydrogens (primary N) is 1. The number of hydrogen-bond acceptors (Lipinski definition) is 7. The molecule has 8 heteroatoms. The number of rotatable bonds is 7. The molecule has 0 saturated carbocycles. The lowest BCUT2D eigenvalue weighted by atomic mass is 10.2. The smallest absolute Gasteiger partial charge is 0.340 e. The van der Waals surface area contributed by atoms with Crippen LogP contribution in [0.15, 0.2) is 12.3 Å². The maximum atomic E-state index is 11.7. The second-order valence-corrected chi connectivity index (χ2v) is 4.29. The molecule has 0 saturated heterocycles. The minimum Gasteiger partial charge on any atom is -0.465 e. The standard InChI is InChI=1S/C13H20N4O4/c1-17(8-10(18)15-6-7-20-2)12-11(14)9(4-5-16-12)13(19)21-3/h4-5H,6-8,14H2,1-3H3,(H,15,18). The lowest BCUT2D eigenvalue weighted by Gasteiger charge is -2.20. The maximum absolute atomic E-state index is 11.7. The molecule has 1 amide bonds. The molecule has 3 N–H and O–H groups in total. The van der Waals surface area contributed by atoms with Gasteiger partial charge in [-0.15, -0.1) is 0 Å². The Morgan fingerprint density at radius 2 is 2.14 bits per heavy atom. The number of methoxy groups -OCH3 is 2. The first-order valence-corrected chi connectivity index (χ1v) is 6.30. The van der Waals surface area contributed by atoms with Crippen molar-refractivity contribution < 1.29 is 19.1 Å². The van der Waals surface area contributed by atoms with E-state index >= 15 is 0 Å². The van der Waals surface area contributed by atoms with Gasteiger partial charge in [-0.1, -0.05) is 0 Å². The third-order valence-corrected chi connectivity index (χ3v) is 2.75. The number of ether oxygens (including phenoxy) is 2. The Kier molecular flexibility index (Phi) is 6.41. The highest BCUT2D eigenvalue weighted by Gasteiger charge is 2.17. The number of pyridine rings is 1. The van der Waals surface area contributed by atoms with Crippen LogP contribution in [-0.4, -0.2) is 57.8 Å². The number of aromatic nitrogens is 1. The molecule has 0 aliphatic carbocycles. The van der Waals surface area contributed by atoms with Crippen LogP contribution >= 0.6 is 0 Å². The van der Waals surface area contributed by atoms with Crippen molar-refractivity contribution in [2.24, 2.45) is 0 Å². The van der Waals surface area contributed by atoms with E-state index in [9.17, 15) is 9.59 Å². The third-order valence-electron chi connectivity index (χ3n) is 2.75. The van der Waals surface area contributed by atoms with Gasteiger partial charge in [0.15, 0.2) is 5.82 Å². The number of anilines is 2. The quantitative estimate of drug-likeness (QED) is 0.523. The van der Waals surface area contributed by atoms with E-state index in [1.165, 1.54) is 19.4 Å². The zero-order valence-corrected chi connectivity index (χ0v) is 12.4. The Morgan fingerprint density at radius 3 is 2.76 bits per heavy atom. The highest BCUT2D eigenvalue weighted by Crippen LogP contribution is 2.23. The zero-order valence-electron chi connectivity index (χ0n) is 12.4. The number of carbonyl (C=O) groups excluding carboxylic acids is 2. The van der Waals surface area contributed by atoms with Crippen molar-refractivity contribution in [2.75, 3.05) is 51.6 Å². The Hall–Kier alpha value is -2.35. The molecule has 0 spiro atoms. The summed E-state index contributed by atoms with van der Waals surface area (Å²) < 4.78 is 9.48. The van der Waals surface area contributed by atoms with Gasteiger partial charge < -0.3 is 25.4 Å². The fourth-order valence-corrected chi connectivity index (χ4v) is 1.69. The van der Waals surface area contributed by atoms with Crippen LogP contribution in [0, 0.1) is 0 Å². The molecule has 21 heavy (non-hydrogen) atoms. The molecule has 0 radical (unpaired) electrons. The monoisotopic (exact) mass is 296 g/mol. The maximum Gasteiger partial charge on any atom is 0.340 e. The minimum atomic E-state index is -0.547. The van der Waals surface area contributed by atoms with Gasteiger partial charge in [0, 0.05) is 26.9 Å². The average Bonchev–Trinajstić information content (AvgIpc) is 2.46. The van der Waals surface area contributed by atoms with Crippen LogP contribution in [0.25, 0.3) is 0 Å². The summed E-state index contributed by atoms with van der Waals surface area (Å²) in [6.07, 6.45) is 1.44. The first-order valence-electron chi connectivity index (χ1n) is 6.30. The number of carbonyl (C=O) groups is 2. The van der Waals surface area contributed by atoms with Crippen molar-refractivity contribution >= 4 is 23.4 Å².